The predicted molar refractivity (Wildman–Crippen MR) is 113 cm³/mol. The molecule has 0 aliphatic rings. The maximum Gasteiger partial charge on any atom is 0.238 e. The quantitative estimate of drug-likeness (QED) is 0.429. The number of aryl methyl sites for hydroxylation is 1. The largest absolute Gasteiger partial charge is 0.493 e. The van der Waals surface area contributed by atoms with Gasteiger partial charge in [0.05, 0.1) is 22.0 Å². The van der Waals surface area contributed by atoms with E-state index in [-0.39, 0.29) is 21.6 Å². The van der Waals surface area contributed by atoms with Crippen LogP contribution in [0.25, 0.3) is 10.9 Å². The van der Waals surface area contributed by atoms with Crippen LogP contribution >= 0.6 is 12.2 Å². The molecule has 0 atom stereocenters. The molecule has 148 valence electrons. The first-order chi connectivity index (χ1) is 13.7. The molecule has 3 aromatic rings. The van der Waals surface area contributed by atoms with E-state index in [0.29, 0.717) is 23.2 Å². The van der Waals surface area contributed by atoms with Crippen molar-refractivity contribution in [3.05, 3.63) is 48.0 Å². The summed E-state index contributed by atoms with van der Waals surface area (Å²) in [6, 6.07) is 12.7. The number of rotatable bonds is 4. The molecule has 3 rings (SSSR count). The number of anilines is 1. The molecule has 4 N–H and O–H groups in total. The molecule has 0 spiro atoms. The Bertz CT molecular complexity index is 1270. The monoisotopic (exact) mass is 428 g/mol. The summed E-state index contributed by atoms with van der Waals surface area (Å²) in [7, 11) is -3.78. The highest BCUT2D eigenvalue weighted by Gasteiger charge is 2.16. The number of aromatic nitrogens is 1. The highest BCUT2D eigenvalue weighted by Crippen LogP contribution is 2.39. The molecular weight excluding hydrogens is 412 g/mol. The number of thiocarbonyl (C=S) groups is 1. The number of aromatic hydroxyl groups is 1. The molecule has 0 amide bonds. The van der Waals surface area contributed by atoms with E-state index in [9.17, 15) is 13.5 Å². The van der Waals surface area contributed by atoms with Crippen molar-refractivity contribution in [1.29, 1.82) is 5.26 Å². The third-order valence-corrected chi connectivity index (χ3v) is 5.24. The van der Waals surface area contributed by atoms with Gasteiger partial charge in [-0.25, -0.2) is 13.6 Å². The third-order valence-electron chi connectivity index (χ3n) is 4.13. The van der Waals surface area contributed by atoms with Gasteiger partial charge in [0.25, 0.3) is 0 Å². The van der Waals surface area contributed by atoms with Crippen molar-refractivity contribution in [1.82, 2.24) is 4.57 Å². The van der Waals surface area contributed by atoms with Crippen molar-refractivity contribution in [3.8, 4) is 11.9 Å². The second-order valence-electron chi connectivity index (χ2n) is 5.96. The number of nitrogens with one attached hydrogen (secondary N) is 1. The van der Waals surface area contributed by atoms with Crippen LogP contribution in [0.4, 0.5) is 11.4 Å². The number of nitriles is 1. The molecule has 0 aliphatic carbocycles. The molecule has 0 radical (unpaired) electrons. The van der Waals surface area contributed by atoms with E-state index in [1.165, 1.54) is 24.3 Å². The first-order valence-electron chi connectivity index (χ1n) is 8.35. The third kappa shape index (κ3) is 4.24. The summed E-state index contributed by atoms with van der Waals surface area (Å²) in [5.41, 5.74) is 1.84. The number of nitrogens with zero attached hydrogens (tertiary/aromatic N) is 4. The summed E-state index contributed by atoms with van der Waals surface area (Å²) >= 11 is 5.14. The molecule has 0 aliphatic heterocycles. The van der Waals surface area contributed by atoms with Gasteiger partial charge in [0.1, 0.15) is 0 Å². The highest BCUT2D eigenvalue weighted by atomic mass is 32.2. The lowest BCUT2D eigenvalue weighted by Gasteiger charge is -2.04. The van der Waals surface area contributed by atoms with Gasteiger partial charge in [-0.15, -0.1) is 10.2 Å². The standard InChI is InChI=1S/C18H16N6O3S2/c1-2-24-15-8-3-11(10-19)9-14(15)16(17(24)25)22-23-18(28)21-12-4-6-13(7-5-12)29(20,26)27/h3-9,25H,2H2,1H3,(H,21,28)(H2,20,26,27). The molecule has 1 heterocycles. The van der Waals surface area contributed by atoms with Gasteiger partial charge < -0.3 is 15.0 Å². The number of nitrogens with two attached hydrogens (primary N) is 1. The van der Waals surface area contributed by atoms with Gasteiger partial charge in [0, 0.05) is 17.6 Å². The van der Waals surface area contributed by atoms with Crippen LogP contribution in [0.5, 0.6) is 5.88 Å². The minimum atomic E-state index is -3.78. The van der Waals surface area contributed by atoms with Crippen LogP contribution in [0.1, 0.15) is 12.5 Å². The average molecular weight is 428 g/mol. The zero-order chi connectivity index (χ0) is 21.2. The Morgan fingerprint density at radius 1 is 1.31 bits per heavy atom. The SMILES string of the molecule is CCn1c(O)c(N=NC(=S)Nc2ccc(S(N)(=O)=O)cc2)c2cc(C#N)ccc21. The van der Waals surface area contributed by atoms with Crippen molar-refractivity contribution in [2.24, 2.45) is 15.4 Å². The van der Waals surface area contributed by atoms with Crippen LogP contribution < -0.4 is 10.5 Å². The second kappa shape index (κ2) is 7.96. The van der Waals surface area contributed by atoms with Crippen molar-refractivity contribution >= 4 is 49.6 Å². The Hall–Kier alpha value is -3.33. The van der Waals surface area contributed by atoms with Crippen LogP contribution in [-0.2, 0) is 16.6 Å². The zero-order valence-electron chi connectivity index (χ0n) is 15.2. The zero-order valence-corrected chi connectivity index (χ0v) is 16.8. The topological polar surface area (TPSA) is 146 Å². The summed E-state index contributed by atoms with van der Waals surface area (Å²) in [6.07, 6.45) is 0. The normalized spacial score (nSPS) is 11.6. The molecule has 1 aromatic heterocycles. The fraction of sp³-hybridized carbons (Fsp3) is 0.111. The van der Waals surface area contributed by atoms with Gasteiger partial charge >= 0.3 is 0 Å². The van der Waals surface area contributed by atoms with Gasteiger partial charge in [-0.3, -0.25) is 0 Å². The van der Waals surface area contributed by atoms with Crippen molar-refractivity contribution in [2.75, 3.05) is 5.32 Å². The molecule has 0 bridgehead atoms. The van der Waals surface area contributed by atoms with E-state index in [4.69, 9.17) is 22.6 Å². The Balaban J connectivity index is 1.87. The fourth-order valence-electron chi connectivity index (χ4n) is 2.78. The van der Waals surface area contributed by atoms with Crippen molar-refractivity contribution < 1.29 is 13.5 Å². The summed E-state index contributed by atoms with van der Waals surface area (Å²) in [5.74, 6) is -0.0818. The molecule has 29 heavy (non-hydrogen) atoms. The fourth-order valence-corrected chi connectivity index (χ4v) is 3.46. The smallest absolute Gasteiger partial charge is 0.238 e. The van der Waals surface area contributed by atoms with Crippen molar-refractivity contribution in [3.63, 3.8) is 0 Å². The Labute approximate surface area is 172 Å². The molecule has 0 saturated heterocycles. The van der Waals surface area contributed by atoms with Gasteiger partial charge in [-0.2, -0.15) is 5.26 Å². The van der Waals surface area contributed by atoms with Crippen LogP contribution in [0.15, 0.2) is 57.6 Å². The number of hydrogen-bond donors (Lipinski definition) is 3. The maximum absolute atomic E-state index is 11.3. The lowest BCUT2D eigenvalue weighted by Crippen LogP contribution is -2.12. The van der Waals surface area contributed by atoms with E-state index in [1.807, 2.05) is 6.92 Å². The van der Waals surface area contributed by atoms with Crippen LogP contribution in [0, 0.1) is 11.3 Å². The molecule has 2 aromatic carbocycles. The molecule has 0 unspecified atom stereocenters. The minimum Gasteiger partial charge on any atom is -0.493 e. The van der Waals surface area contributed by atoms with E-state index in [2.05, 4.69) is 21.6 Å². The summed E-state index contributed by atoms with van der Waals surface area (Å²) in [6.45, 7) is 2.37. The number of primary sulfonamides is 1. The minimum absolute atomic E-state index is 0.00147. The Morgan fingerprint density at radius 2 is 2.00 bits per heavy atom. The number of sulfonamides is 1. The summed E-state index contributed by atoms with van der Waals surface area (Å²) in [5, 5.41) is 36.0. The van der Waals surface area contributed by atoms with Gasteiger partial charge in [0.15, 0.2) is 5.69 Å². The van der Waals surface area contributed by atoms with Crippen LogP contribution in [0.2, 0.25) is 0 Å². The summed E-state index contributed by atoms with van der Waals surface area (Å²) in [4.78, 5) is -0.0267. The van der Waals surface area contributed by atoms with E-state index < -0.39 is 10.0 Å². The summed E-state index contributed by atoms with van der Waals surface area (Å²) < 4.78 is 24.2. The van der Waals surface area contributed by atoms with Crippen molar-refractivity contribution in [2.45, 2.75) is 18.4 Å². The molecule has 0 fully saturated rings. The molecule has 11 heteroatoms. The highest BCUT2D eigenvalue weighted by molar-refractivity contribution is 7.89. The lowest BCUT2D eigenvalue weighted by molar-refractivity contribution is 0.427. The molecular formula is C18H16N6O3S2. The Kier molecular flexibility index (Phi) is 5.60. The van der Waals surface area contributed by atoms with E-state index >= 15 is 0 Å². The number of fused-ring (bicyclic) bond motifs is 1. The van der Waals surface area contributed by atoms with Crippen LogP contribution in [-0.4, -0.2) is 23.2 Å². The Morgan fingerprint density at radius 3 is 2.59 bits per heavy atom. The number of benzene rings is 2. The molecule has 9 nitrogen and oxygen atoms in total. The van der Waals surface area contributed by atoms with Gasteiger partial charge in [-0.05, 0) is 61.6 Å². The maximum atomic E-state index is 11.3. The molecule has 0 saturated carbocycles. The van der Waals surface area contributed by atoms with Crippen LogP contribution in [0.3, 0.4) is 0 Å². The van der Waals surface area contributed by atoms with E-state index in [0.717, 1.165) is 5.52 Å². The predicted octanol–water partition coefficient (Wildman–Crippen LogP) is 3.37. The first kappa shape index (κ1) is 20.4. The lowest BCUT2D eigenvalue weighted by atomic mass is 10.1. The first-order valence-corrected chi connectivity index (χ1v) is 10.3. The van der Waals surface area contributed by atoms with Gasteiger partial charge in [0.2, 0.25) is 21.0 Å². The van der Waals surface area contributed by atoms with Gasteiger partial charge in [-0.1, -0.05) is 0 Å². The average Bonchev–Trinajstić information content (AvgIpc) is 2.95. The second-order valence-corrected chi connectivity index (χ2v) is 7.91. The van der Waals surface area contributed by atoms with E-state index in [1.54, 1.807) is 22.8 Å². The number of azo groups is 1. The number of hydrogen-bond acceptors (Lipinski definition) is 6.